The van der Waals surface area contributed by atoms with Gasteiger partial charge in [0.25, 0.3) is 0 Å². The largest absolute Gasteiger partial charge is 0.338 e. The Morgan fingerprint density at radius 3 is 2.45 bits per heavy atom. The Labute approximate surface area is 132 Å². The summed E-state index contributed by atoms with van der Waals surface area (Å²) in [6, 6.07) is 18.2. The molecular weight excluding hydrogens is 272 g/mol. The van der Waals surface area contributed by atoms with Crippen molar-refractivity contribution in [3.05, 3.63) is 65.7 Å². The summed E-state index contributed by atoms with van der Waals surface area (Å²) in [6.45, 7) is 2.79. The smallest absolute Gasteiger partial charge is 0.319 e. The highest BCUT2D eigenvalue weighted by Gasteiger charge is 2.04. The van der Waals surface area contributed by atoms with Gasteiger partial charge in [-0.2, -0.15) is 0 Å². The van der Waals surface area contributed by atoms with Gasteiger partial charge in [0.15, 0.2) is 0 Å². The van der Waals surface area contributed by atoms with E-state index in [2.05, 4.69) is 41.8 Å². The van der Waals surface area contributed by atoms with E-state index in [0.29, 0.717) is 6.54 Å². The molecule has 2 amide bonds. The second-order valence-corrected chi connectivity index (χ2v) is 5.33. The first-order valence-electron chi connectivity index (χ1n) is 7.96. The first-order chi connectivity index (χ1) is 10.8. The fraction of sp³-hybridized carbons (Fsp3) is 0.316. The van der Waals surface area contributed by atoms with Crippen molar-refractivity contribution in [1.82, 2.24) is 5.32 Å². The van der Waals surface area contributed by atoms with Crippen LogP contribution in [0.4, 0.5) is 10.5 Å². The molecule has 22 heavy (non-hydrogen) atoms. The molecule has 0 heterocycles. The molecular formula is C19H24N2O. The maximum Gasteiger partial charge on any atom is 0.319 e. The summed E-state index contributed by atoms with van der Waals surface area (Å²) in [7, 11) is 0. The molecule has 2 rings (SSSR count). The fourth-order valence-electron chi connectivity index (χ4n) is 2.42. The summed E-state index contributed by atoms with van der Waals surface area (Å²) in [5.74, 6) is 0. The predicted molar refractivity (Wildman–Crippen MR) is 92.2 cm³/mol. The topological polar surface area (TPSA) is 41.1 Å². The Balaban J connectivity index is 1.65. The number of hydrogen-bond acceptors (Lipinski definition) is 1. The molecule has 0 unspecified atom stereocenters. The molecule has 116 valence electrons. The average molecular weight is 296 g/mol. The summed E-state index contributed by atoms with van der Waals surface area (Å²) >= 11 is 0. The summed E-state index contributed by atoms with van der Waals surface area (Å²) in [6.07, 6.45) is 4.03. The molecule has 0 spiro atoms. The van der Waals surface area contributed by atoms with Crippen molar-refractivity contribution >= 4 is 11.7 Å². The van der Waals surface area contributed by atoms with Crippen molar-refractivity contribution < 1.29 is 4.79 Å². The standard InChI is InChI=1S/C19H24N2O/c1-2-17-13-6-7-14-18(17)21-19(22)20-15-9-8-12-16-10-4-3-5-11-16/h3-7,10-11,13-14H,2,8-9,12,15H2,1H3,(H2,20,21,22). The Morgan fingerprint density at radius 1 is 0.955 bits per heavy atom. The SMILES string of the molecule is CCc1ccccc1NC(=O)NCCCCc1ccccc1. The molecule has 0 radical (unpaired) electrons. The lowest BCUT2D eigenvalue weighted by atomic mass is 10.1. The number of benzene rings is 2. The molecule has 0 saturated carbocycles. The van der Waals surface area contributed by atoms with Crippen LogP contribution in [0.25, 0.3) is 0 Å². The molecule has 0 aliphatic carbocycles. The predicted octanol–water partition coefficient (Wildman–Crippen LogP) is 4.39. The van der Waals surface area contributed by atoms with Crippen molar-refractivity contribution in [3.8, 4) is 0 Å². The van der Waals surface area contributed by atoms with Gasteiger partial charge in [0.05, 0.1) is 0 Å². The Kier molecular flexibility index (Phi) is 6.49. The van der Waals surface area contributed by atoms with E-state index in [1.807, 2.05) is 30.3 Å². The van der Waals surface area contributed by atoms with Crippen LogP contribution in [-0.4, -0.2) is 12.6 Å². The van der Waals surface area contributed by atoms with Crippen molar-refractivity contribution in [3.63, 3.8) is 0 Å². The average Bonchev–Trinajstić information content (AvgIpc) is 2.56. The number of aryl methyl sites for hydroxylation is 2. The molecule has 3 heteroatoms. The molecule has 0 saturated heterocycles. The highest BCUT2D eigenvalue weighted by atomic mass is 16.2. The van der Waals surface area contributed by atoms with Gasteiger partial charge < -0.3 is 10.6 Å². The molecule has 2 aromatic rings. The Bertz CT molecular complexity index is 581. The van der Waals surface area contributed by atoms with E-state index >= 15 is 0 Å². The zero-order chi connectivity index (χ0) is 15.6. The van der Waals surface area contributed by atoms with Crippen molar-refractivity contribution in [2.45, 2.75) is 32.6 Å². The molecule has 0 aliphatic heterocycles. The molecule has 0 fully saturated rings. The number of carbonyl (C=O) groups excluding carboxylic acids is 1. The molecule has 0 aromatic heterocycles. The van der Waals surface area contributed by atoms with Gasteiger partial charge in [-0.25, -0.2) is 4.79 Å². The van der Waals surface area contributed by atoms with E-state index in [9.17, 15) is 4.79 Å². The van der Waals surface area contributed by atoms with E-state index in [4.69, 9.17) is 0 Å². The number of nitrogens with one attached hydrogen (secondary N) is 2. The maximum atomic E-state index is 11.9. The second kappa shape index (κ2) is 8.88. The first-order valence-corrected chi connectivity index (χ1v) is 7.96. The first kappa shape index (κ1) is 16.1. The van der Waals surface area contributed by atoms with Crippen molar-refractivity contribution in [2.24, 2.45) is 0 Å². The Morgan fingerprint density at radius 2 is 1.68 bits per heavy atom. The number of amides is 2. The van der Waals surface area contributed by atoms with Crippen LogP contribution >= 0.6 is 0 Å². The molecule has 2 aromatic carbocycles. The summed E-state index contributed by atoms with van der Waals surface area (Å²) < 4.78 is 0. The van der Waals surface area contributed by atoms with E-state index < -0.39 is 0 Å². The van der Waals surface area contributed by atoms with Crippen molar-refractivity contribution in [2.75, 3.05) is 11.9 Å². The van der Waals surface area contributed by atoms with E-state index in [1.165, 1.54) is 5.56 Å². The van der Waals surface area contributed by atoms with Crippen LogP contribution < -0.4 is 10.6 Å². The summed E-state index contributed by atoms with van der Waals surface area (Å²) in [5, 5.41) is 5.84. The number of rotatable bonds is 7. The van der Waals surface area contributed by atoms with E-state index in [0.717, 1.165) is 36.9 Å². The van der Waals surface area contributed by atoms with Crippen LogP contribution in [0.2, 0.25) is 0 Å². The van der Waals surface area contributed by atoms with Gasteiger partial charge in [-0.1, -0.05) is 55.5 Å². The van der Waals surface area contributed by atoms with Crippen LogP contribution in [0.5, 0.6) is 0 Å². The lowest BCUT2D eigenvalue weighted by Crippen LogP contribution is -2.29. The zero-order valence-corrected chi connectivity index (χ0v) is 13.1. The summed E-state index contributed by atoms with van der Waals surface area (Å²) in [4.78, 5) is 11.9. The third-order valence-corrected chi connectivity index (χ3v) is 3.67. The number of para-hydroxylation sites is 1. The van der Waals surface area contributed by atoms with Gasteiger partial charge in [-0.15, -0.1) is 0 Å². The molecule has 0 atom stereocenters. The van der Waals surface area contributed by atoms with Gasteiger partial charge in [0.2, 0.25) is 0 Å². The second-order valence-electron chi connectivity index (χ2n) is 5.33. The third-order valence-electron chi connectivity index (χ3n) is 3.67. The third kappa shape index (κ3) is 5.24. The molecule has 0 aliphatic rings. The minimum Gasteiger partial charge on any atom is -0.338 e. The number of anilines is 1. The molecule has 2 N–H and O–H groups in total. The van der Waals surface area contributed by atoms with Crippen LogP contribution in [0.3, 0.4) is 0 Å². The van der Waals surface area contributed by atoms with Crippen LogP contribution in [0, 0.1) is 0 Å². The molecule has 3 nitrogen and oxygen atoms in total. The highest BCUT2D eigenvalue weighted by Crippen LogP contribution is 2.15. The molecule has 0 bridgehead atoms. The van der Waals surface area contributed by atoms with Crippen LogP contribution in [0.15, 0.2) is 54.6 Å². The van der Waals surface area contributed by atoms with Gasteiger partial charge in [0.1, 0.15) is 0 Å². The minimum atomic E-state index is -0.124. The van der Waals surface area contributed by atoms with Gasteiger partial charge in [0, 0.05) is 12.2 Å². The monoisotopic (exact) mass is 296 g/mol. The number of unbranched alkanes of at least 4 members (excludes halogenated alkanes) is 1. The van der Waals surface area contributed by atoms with Gasteiger partial charge in [-0.05, 0) is 42.9 Å². The lowest BCUT2D eigenvalue weighted by Gasteiger charge is -2.10. The van der Waals surface area contributed by atoms with Gasteiger partial charge >= 0.3 is 6.03 Å². The van der Waals surface area contributed by atoms with Crippen LogP contribution in [0.1, 0.15) is 30.9 Å². The van der Waals surface area contributed by atoms with Crippen LogP contribution in [-0.2, 0) is 12.8 Å². The minimum absolute atomic E-state index is 0.124. The van der Waals surface area contributed by atoms with E-state index in [-0.39, 0.29) is 6.03 Å². The van der Waals surface area contributed by atoms with Crippen molar-refractivity contribution in [1.29, 1.82) is 0 Å². The van der Waals surface area contributed by atoms with E-state index in [1.54, 1.807) is 0 Å². The normalized spacial score (nSPS) is 10.2. The quantitative estimate of drug-likeness (QED) is 0.731. The fourth-order valence-corrected chi connectivity index (χ4v) is 2.42. The lowest BCUT2D eigenvalue weighted by molar-refractivity contribution is 0.252. The van der Waals surface area contributed by atoms with Gasteiger partial charge in [-0.3, -0.25) is 0 Å². The number of carbonyl (C=O) groups is 1. The number of urea groups is 1. The maximum absolute atomic E-state index is 11.9. The zero-order valence-electron chi connectivity index (χ0n) is 13.1. The highest BCUT2D eigenvalue weighted by molar-refractivity contribution is 5.90. The number of hydrogen-bond donors (Lipinski definition) is 2. The Hall–Kier alpha value is -2.29. The summed E-state index contributed by atoms with van der Waals surface area (Å²) in [5.41, 5.74) is 3.40.